The summed E-state index contributed by atoms with van der Waals surface area (Å²) in [6.07, 6.45) is 1.95. The Bertz CT molecular complexity index is 635. The largest absolute Gasteiger partial charge is 0.338 e. The highest BCUT2D eigenvalue weighted by Gasteiger charge is 2.07. The number of aromatic nitrogens is 2. The molecule has 1 heterocycles. The first kappa shape index (κ1) is 12.8. The third-order valence-electron chi connectivity index (χ3n) is 2.45. The van der Waals surface area contributed by atoms with Gasteiger partial charge < -0.3 is 5.32 Å². The van der Waals surface area contributed by atoms with Gasteiger partial charge in [-0.15, -0.1) is 0 Å². The second-order valence-corrected chi connectivity index (χ2v) is 3.92. The van der Waals surface area contributed by atoms with Crippen LogP contribution in [0.25, 0.3) is 0 Å². The Morgan fingerprint density at radius 3 is 2.74 bits per heavy atom. The number of anilines is 3. The van der Waals surface area contributed by atoms with Crippen LogP contribution < -0.4 is 10.2 Å². The summed E-state index contributed by atoms with van der Waals surface area (Å²) in [6.45, 7) is 1.71. The maximum atomic E-state index is 13.5. The zero-order chi connectivity index (χ0) is 13.8. The van der Waals surface area contributed by atoms with E-state index in [4.69, 9.17) is 5.26 Å². The lowest BCUT2D eigenvalue weighted by atomic mass is 10.3. The smallest absolute Gasteiger partial charge is 0.185 e. The number of hydrogen-bond donors (Lipinski definition) is 1. The van der Waals surface area contributed by atoms with Crippen LogP contribution in [0, 0.1) is 24.2 Å². The van der Waals surface area contributed by atoms with Crippen LogP contribution in [0.1, 0.15) is 5.82 Å². The lowest BCUT2D eigenvalue weighted by Gasteiger charge is -2.12. The Balaban J connectivity index is 2.34. The van der Waals surface area contributed by atoms with Gasteiger partial charge in [0.25, 0.3) is 0 Å². The van der Waals surface area contributed by atoms with Crippen molar-refractivity contribution in [3.63, 3.8) is 0 Å². The fourth-order valence-electron chi connectivity index (χ4n) is 1.54. The number of benzene rings is 1. The van der Waals surface area contributed by atoms with Gasteiger partial charge in [0.2, 0.25) is 0 Å². The van der Waals surface area contributed by atoms with E-state index in [1.165, 1.54) is 11.0 Å². The normalized spacial score (nSPS) is 9.79. The van der Waals surface area contributed by atoms with E-state index >= 15 is 0 Å². The summed E-state index contributed by atoms with van der Waals surface area (Å²) in [5, 5.41) is 11.7. The average molecular weight is 257 g/mol. The van der Waals surface area contributed by atoms with Crippen molar-refractivity contribution in [1.82, 2.24) is 9.97 Å². The molecule has 6 heteroatoms. The number of rotatable bonds is 3. The topological polar surface area (TPSA) is 64.8 Å². The number of hydrogen-bond acceptors (Lipinski definition) is 5. The van der Waals surface area contributed by atoms with Crippen molar-refractivity contribution < 1.29 is 4.39 Å². The van der Waals surface area contributed by atoms with Gasteiger partial charge in [-0.2, -0.15) is 5.26 Å². The third-order valence-corrected chi connectivity index (χ3v) is 2.45. The molecule has 0 aliphatic heterocycles. The SMILES string of the molecule is Cc1nc(Nc2ccccc2F)cc(N(C)C#N)n1. The first-order valence-electron chi connectivity index (χ1n) is 5.61. The summed E-state index contributed by atoms with van der Waals surface area (Å²) in [7, 11) is 1.59. The van der Waals surface area contributed by atoms with Crippen molar-refractivity contribution in [2.24, 2.45) is 0 Å². The van der Waals surface area contributed by atoms with E-state index in [0.29, 0.717) is 23.1 Å². The fourth-order valence-corrected chi connectivity index (χ4v) is 1.54. The van der Waals surface area contributed by atoms with Crippen molar-refractivity contribution in [2.45, 2.75) is 6.92 Å². The highest BCUT2D eigenvalue weighted by atomic mass is 19.1. The van der Waals surface area contributed by atoms with Crippen molar-refractivity contribution in [3.05, 3.63) is 42.0 Å². The standard InChI is InChI=1S/C13H12FN5/c1-9-16-12(7-13(17-9)19(2)8-15)18-11-6-4-3-5-10(11)14/h3-7H,1-2H3,(H,16,17,18). The Hall–Kier alpha value is -2.68. The van der Waals surface area contributed by atoms with Crippen molar-refractivity contribution in [1.29, 1.82) is 5.26 Å². The molecule has 1 N–H and O–H groups in total. The molecule has 0 radical (unpaired) electrons. The maximum absolute atomic E-state index is 13.5. The predicted octanol–water partition coefficient (Wildman–Crippen LogP) is 2.59. The summed E-state index contributed by atoms with van der Waals surface area (Å²) in [6, 6.07) is 7.89. The number of para-hydroxylation sites is 1. The van der Waals surface area contributed by atoms with Gasteiger partial charge in [0.05, 0.1) is 5.69 Å². The Labute approximate surface area is 110 Å². The summed E-state index contributed by atoms with van der Waals surface area (Å²) in [5.41, 5.74) is 0.325. The van der Waals surface area contributed by atoms with E-state index < -0.39 is 0 Å². The molecule has 2 aromatic rings. The predicted molar refractivity (Wildman–Crippen MR) is 70.5 cm³/mol. The lowest BCUT2D eigenvalue weighted by Crippen LogP contribution is -2.12. The van der Waals surface area contributed by atoms with Gasteiger partial charge in [0.15, 0.2) is 6.19 Å². The summed E-state index contributed by atoms with van der Waals surface area (Å²) in [5.74, 6) is 1.02. The number of aryl methyl sites for hydroxylation is 1. The van der Waals surface area contributed by atoms with Gasteiger partial charge in [-0.1, -0.05) is 12.1 Å². The van der Waals surface area contributed by atoms with E-state index in [-0.39, 0.29) is 5.82 Å². The molecule has 96 valence electrons. The summed E-state index contributed by atoms with van der Waals surface area (Å²) in [4.78, 5) is 9.60. The second kappa shape index (κ2) is 5.31. The van der Waals surface area contributed by atoms with Crippen LogP contribution in [0.5, 0.6) is 0 Å². The number of nitriles is 1. The molecule has 0 saturated carbocycles. The number of nitrogens with zero attached hydrogens (tertiary/aromatic N) is 4. The summed E-state index contributed by atoms with van der Waals surface area (Å²) >= 11 is 0. The van der Waals surface area contributed by atoms with Crippen LogP contribution in [0.3, 0.4) is 0 Å². The van der Waals surface area contributed by atoms with Crippen LogP contribution in [0.4, 0.5) is 21.7 Å². The van der Waals surface area contributed by atoms with E-state index in [9.17, 15) is 4.39 Å². The molecular formula is C13H12FN5. The molecule has 0 bridgehead atoms. The van der Waals surface area contributed by atoms with Crippen LogP contribution in [0.15, 0.2) is 30.3 Å². The molecule has 0 saturated heterocycles. The minimum atomic E-state index is -0.367. The monoisotopic (exact) mass is 257 g/mol. The molecule has 0 atom stereocenters. The molecule has 1 aromatic carbocycles. The molecule has 5 nitrogen and oxygen atoms in total. The van der Waals surface area contributed by atoms with Crippen molar-refractivity contribution in [3.8, 4) is 6.19 Å². The quantitative estimate of drug-likeness (QED) is 0.676. The molecule has 1 aromatic heterocycles. The maximum Gasteiger partial charge on any atom is 0.185 e. The van der Waals surface area contributed by atoms with Crippen molar-refractivity contribution in [2.75, 3.05) is 17.3 Å². The van der Waals surface area contributed by atoms with Crippen LogP contribution in [-0.2, 0) is 0 Å². The van der Waals surface area contributed by atoms with Crippen LogP contribution >= 0.6 is 0 Å². The molecule has 19 heavy (non-hydrogen) atoms. The van der Waals surface area contributed by atoms with Gasteiger partial charge in [-0.25, -0.2) is 14.4 Å². The summed E-state index contributed by atoms with van der Waals surface area (Å²) < 4.78 is 13.5. The molecule has 0 aliphatic rings. The van der Waals surface area contributed by atoms with Crippen LogP contribution in [-0.4, -0.2) is 17.0 Å². The van der Waals surface area contributed by atoms with Crippen molar-refractivity contribution >= 4 is 17.3 Å². The first-order chi connectivity index (χ1) is 9.10. The van der Waals surface area contributed by atoms with E-state index in [1.807, 2.05) is 6.19 Å². The van der Waals surface area contributed by atoms with Gasteiger partial charge in [-0.05, 0) is 19.1 Å². The molecule has 0 spiro atoms. The van der Waals surface area contributed by atoms with Gasteiger partial charge in [-0.3, -0.25) is 4.90 Å². The van der Waals surface area contributed by atoms with Crippen LogP contribution in [0.2, 0.25) is 0 Å². The van der Waals surface area contributed by atoms with Gasteiger partial charge in [0, 0.05) is 13.1 Å². The Morgan fingerprint density at radius 1 is 1.32 bits per heavy atom. The number of halogens is 1. The van der Waals surface area contributed by atoms with E-state index in [0.717, 1.165) is 0 Å². The van der Waals surface area contributed by atoms with E-state index in [2.05, 4.69) is 15.3 Å². The minimum absolute atomic E-state index is 0.325. The fraction of sp³-hybridized carbons (Fsp3) is 0.154. The number of nitrogens with one attached hydrogen (secondary N) is 1. The third kappa shape index (κ3) is 2.96. The lowest BCUT2D eigenvalue weighted by molar-refractivity contribution is 0.632. The molecule has 0 unspecified atom stereocenters. The molecule has 0 aliphatic carbocycles. The molecule has 0 amide bonds. The van der Waals surface area contributed by atoms with E-state index in [1.54, 1.807) is 38.2 Å². The van der Waals surface area contributed by atoms with Gasteiger partial charge >= 0.3 is 0 Å². The van der Waals surface area contributed by atoms with Gasteiger partial charge in [0.1, 0.15) is 23.3 Å². The first-order valence-corrected chi connectivity index (χ1v) is 5.61. The Morgan fingerprint density at radius 2 is 2.05 bits per heavy atom. The zero-order valence-corrected chi connectivity index (χ0v) is 10.6. The minimum Gasteiger partial charge on any atom is -0.338 e. The molecular weight excluding hydrogens is 245 g/mol. The Kier molecular flexibility index (Phi) is 3.57. The average Bonchev–Trinajstić information content (AvgIpc) is 2.40. The second-order valence-electron chi connectivity index (χ2n) is 3.92. The highest BCUT2D eigenvalue weighted by molar-refractivity contribution is 5.60. The zero-order valence-electron chi connectivity index (χ0n) is 10.6. The molecule has 2 rings (SSSR count). The molecule has 0 fully saturated rings. The highest BCUT2D eigenvalue weighted by Crippen LogP contribution is 2.20.